The lowest BCUT2D eigenvalue weighted by Gasteiger charge is -2.10. The highest BCUT2D eigenvalue weighted by Crippen LogP contribution is 2.29. The fraction of sp³-hybridized carbons (Fsp3) is 0.261. The molecule has 10 heteroatoms. The number of para-hydroxylation sites is 1. The molecule has 2 heterocycles. The molecule has 0 bridgehead atoms. The summed E-state index contributed by atoms with van der Waals surface area (Å²) in [4.78, 5) is 33.4. The predicted octanol–water partition coefficient (Wildman–Crippen LogP) is 2.52. The maximum absolute atomic E-state index is 12.8. The van der Waals surface area contributed by atoms with E-state index in [-0.39, 0.29) is 24.6 Å². The van der Waals surface area contributed by atoms with Crippen molar-refractivity contribution in [3.63, 3.8) is 0 Å². The Morgan fingerprint density at radius 3 is 2.52 bits per heavy atom. The maximum Gasteiger partial charge on any atom is 0.306 e. The van der Waals surface area contributed by atoms with Gasteiger partial charge >= 0.3 is 5.97 Å². The Morgan fingerprint density at radius 2 is 1.76 bits per heavy atom. The maximum atomic E-state index is 12.8. The lowest BCUT2D eigenvalue weighted by atomic mass is 10.2. The first-order chi connectivity index (χ1) is 16.1. The number of benzene rings is 2. The molecule has 0 aliphatic carbocycles. The molecule has 4 rings (SSSR count). The molecule has 0 N–H and O–H groups in total. The van der Waals surface area contributed by atoms with Gasteiger partial charge in [0, 0.05) is 19.0 Å². The van der Waals surface area contributed by atoms with Crippen LogP contribution in [0.15, 0.2) is 59.9 Å². The number of esters is 1. The Hall–Kier alpha value is -4.21. The minimum Gasteiger partial charge on any atom is -0.493 e. The summed E-state index contributed by atoms with van der Waals surface area (Å²) in [6.45, 7) is 0.309. The number of carbonyl (C=O) groups excluding carboxylic acids is 1. The van der Waals surface area contributed by atoms with Gasteiger partial charge in [-0.15, -0.1) is 5.10 Å². The van der Waals surface area contributed by atoms with Gasteiger partial charge in [0.25, 0.3) is 5.56 Å². The van der Waals surface area contributed by atoms with Gasteiger partial charge in [0.15, 0.2) is 23.9 Å². The van der Waals surface area contributed by atoms with Crippen LogP contribution < -0.4 is 15.0 Å². The Balaban J connectivity index is 1.32. The molecule has 0 amide bonds. The highest BCUT2D eigenvalue weighted by Gasteiger charge is 2.12. The summed E-state index contributed by atoms with van der Waals surface area (Å²) in [7, 11) is 3.03. The average Bonchev–Trinajstić information content (AvgIpc) is 3.33. The van der Waals surface area contributed by atoms with Gasteiger partial charge in [-0.2, -0.15) is 0 Å². The quantitative estimate of drug-likeness (QED) is 0.359. The van der Waals surface area contributed by atoms with E-state index in [1.807, 2.05) is 30.3 Å². The number of aryl methyl sites for hydroxylation is 1. The Bertz CT molecular complexity index is 1320. The fourth-order valence-electron chi connectivity index (χ4n) is 3.32. The first-order valence-electron chi connectivity index (χ1n) is 10.3. The van der Waals surface area contributed by atoms with Crippen molar-refractivity contribution in [2.75, 3.05) is 14.2 Å². The van der Waals surface area contributed by atoms with Crippen molar-refractivity contribution in [1.82, 2.24) is 24.3 Å². The van der Waals surface area contributed by atoms with E-state index in [1.165, 1.54) is 25.1 Å². The molecule has 4 aromatic rings. The molecule has 170 valence electrons. The molecule has 33 heavy (non-hydrogen) atoms. The van der Waals surface area contributed by atoms with E-state index in [1.54, 1.807) is 23.1 Å². The van der Waals surface area contributed by atoms with Crippen molar-refractivity contribution in [2.45, 2.75) is 26.0 Å². The molecule has 0 spiro atoms. The van der Waals surface area contributed by atoms with E-state index < -0.39 is 0 Å². The van der Waals surface area contributed by atoms with Gasteiger partial charge in [-0.25, -0.2) is 14.6 Å². The van der Waals surface area contributed by atoms with Gasteiger partial charge < -0.3 is 14.2 Å². The average molecular weight is 449 g/mol. The molecule has 2 aromatic heterocycles. The SMILES string of the molecule is COc1cc2ncn(CCCC(=O)OCc3ncn(-c4ccccc4)n3)c(=O)c2cc1OC. The zero-order valence-electron chi connectivity index (χ0n) is 18.3. The molecule has 0 fully saturated rings. The molecular formula is C23H23N5O5. The van der Waals surface area contributed by atoms with E-state index in [4.69, 9.17) is 14.2 Å². The molecule has 0 radical (unpaired) electrons. The van der Waals surface area contributed by atoms with Crippen molar-refractivity contribution >= 4 is 16.9 Å². The second-order valence-electron chi connectivity index (χ2n) is 7.17. The van der Waals surface area contributed by atoms with Crippen LogP contribution in [0, 0.1) is 0 Å². The summed E-state index contributed by atoms with van der Waals surface area (Å²) < 4.78 is 18.9. The van der Waals surface area contributed by atoms with E-state index in [2.05, 4.69) is 15.1 Å². The Labute approximate surface area is 189 Å². The zero-order valence-corrected chi connectivity index (χ0v) is 18.3. The van der Waals surface area contributed by atoms with E-state index in [9.17, 15) is 9.59 Å². The summed E-state index contributed by atoms with van der Waals surface area (Å²) in [5, 5.41) is 4.72. The van der Waals surface area contributed by atoms with E-state index >= 15 is 0 Å². The zero-order chi connectivity index (χ0) is 23.2. The second-order valence-corrected chi connectivity index (χ2v) is 7.17. The van der Waals surface area contributed by atoms with Crippen LogP contribution in [0.25, 0.3) is 16.6 Å². The van der Waals surface area contributed by atoms with Crippen molar-refractivity contribution in [2.24, 2.45) is 0 Å². The summed E-state index contributed by atoms with van der Waals surface area (Å²) in [6, 6.07) is 12.8. The third-order valence-electron chi connectivity index (χ3n) is 5.03. The minimum atomic E-state index is -0.390. The number of rotatable bonds is 9. The van der Waals surface area contributed by atoms with E-state index in [0.717, 1.165) is 5.69 Å². The van der Waals surface area contributed by atoms with Gasteiger partial charge in [-0.05, 0) is 24.6 Å². The van der Waals surface area contributed by atoms with Gasteiger partial charge in [0.05, 0.1) is 37.1 Å². The fourth-order valence-corrected chi connectivity index (χ4v) is 3.32. The minimum absolute atomic E-state index is 0.0161. The van der Waals surface area contributed by atoms with Crippen LogP contribution in [0.3, 0.4) is 0 Å². The van der Waals surface area contributed by atoms with Crippen LogP contribution in [0.2, 0.25) is 0 Å². The van der Waals surface area contributed by atoms with Crippen LogP contribution in [-0.4, -0.2) is 44.5 Å². The monoisotopic (exact) mass is 449 g/mol. The molecule has 0 aliphatic heterocycles. The predicted molar refractivity (Wildman–Crippen MR) is 119 cm³/mol. The van der Waals surface area contributed by atoms with Crippen molar-refractivity contribution < 1.29 is 19.0 Å². The second kappa shape index (κ2) is 9.94. The van der Waals surface area contributed by atoms with Crippen LogP contribution in [0.4, 0.5) is 0 Å². The third kappa shape index (κ3) is 5.00. The smallest absolute Gasteiger partial charge is 0.306 e. The molecule has 0 saturated heterocycles. The van der Waals surface area contributed by atoms with Gasteiger partial charge in [-0.3, -0.25) is 14.2 Å². The molecule has 0 unspecified atom stereocenters. The highest BCUT2D eigenvalue weighted by atomic mass is 16.5. The molecular weight excluding hydrogens is 426 g/mol. The van der Waals surface area contributed by atoms with Crippen LogP contribution in [-0.2, 0) is 22.7 Å². The first-order valence-corrected chi connectivity index (χ1v) is 10.3. The largest absolute Gasteiger partial charge is 0.493 e. The normalized spacial score (nSPS) is 10.8. The standard InChI is InChI=1S/C23H23N5O5/c1-31-19-11-17-18(12-20(19)32-2)24-14-27(23(17)30)10-6-9-22(29)33-13-21-25-15-28(26-21)16-7-4-3-5-8-16/h3-5,7-8,11-12,14-15H,6,9-10,13H2,1-2H3. The number of carbonyl (C=O) groups is 1. The molecule has 2 aromatic carbocycles. The number of hydrogen-bond acceptors (Lipinski definition) is 8. The van der Waals surface area contributed by atoms with Crippen LogP contribution in [0.1, 0.15) is 18.7 Å². The van der Waals surface area contributed by atoms with Gasteiger partial charge in [0.1, 0.15) is 6.33 Å². The van der Waals surface area contributed by atoms with Crippen molar-refractivity contribution in [3.05, 3.63) is 71.3 Å². The first kappa shape index (κ1) is 22.0. The molecule has 0 saturated carbocycles. The summed E-state index contributed by atoms with van der Waals surface area (Å²) in [6.07, 6.45) is 3.60. The Morgan fingerprint density at radius 1 is 1.00 bits per heavy atom. The molecule has 0 atom stereocenters. The van der Waals surface area contributed by atoms with Crippen molar-refractivity contribution in [1.29, 1.82) is 0 Å². The van der Waals surface area contributed by atoms with Gasteiger partial charge in [0.2, 0.25) is 0 Å². The summed E-state index contributed by atoms with van der Waals surface area (Å²) in [5.74, 6) is 0.972. The lowest BCUT2D eigenvalue weighted by molar-refractivity contribution is -0.145. The van der Waals surface area contributed by atoms with Gasteiger partial charge in [-0.1, -0.05) is 18.2 Å². The van der Waals surface area contributed by atoms with Crippen LogP contribution in [0.5, 0.6) is 11.5 Å². The molecule has 0 aliphatic rings. The molecule has 10 nitrogen and oxygen atoms in total. The van der Waals surface area contributed by atoms with Crippen molar-refractivity contribution in [3.8, 4) is 17.2 Å². The van der Waals surface area contributed by atoms with E-state index in [0.29, 0.717) is 41.2 Å². The number of ether oxygens (including phenoxy) is 3. The Kier molecular flexibility index (Phi) is 6.63. The number of aromatic nitrogens is 5. The number of hydrogen-bond donors (Lipinski definition) is 0. The van der Waals surface area contributed by atoms with Crippen LogP contribution >= 0.6 is 0 Å². The highest BCUT2D eigenvalue weighted by molar-refractivity contribution is 5.81. The summed E-state index contributed by atoms with van der Waals surface area (Å²) in [5.41, 5.74) is 1.16. The lowest BCUT2D eigenvalue weighted by Crippen LogP contribution is -2.21. The third-order valence-corrected chi connectivity index (χ3v) is 5.03. The summed E-state index contributed by atoms with van der Waals surface area (Å²) >= 11 is 0. The number of nitrogens with zero attached hydrogens (tertiary/aromatic N) is 5. The number of methoxy groups -OCH3 is 2. The topological polar surface area (TPSA) is 110 Å². The number of fused-ring (bicyclic) bond motifs is 1.